The Hall–Kier alpha value is -0.0800. The predicted octanol–water partition coefficient (Wildman–Crippen LogP) is 2.62. The van der Waals surface area contributed by atoms with Gasteiger partial charge in [-0.05, 0) is 84.6 Å². The summed E-state index contributed by atoms with van der Waals surface area (Å²) in [5.74, 6) is 2.76. The summed E-state index contributed by atoms with van der Waals surface area (Å²) in [5.41, 5.74) is 0. The summed E-state index contributed by atoms with van der Waals surface area (Å²) in [4.78, 5) is 9.78. The SMILES string of the molecule is CCNC(=NCC(C1CC1)N(C)C)NCCCN1CCC(C)CC1.I. The zero-order valence-electron chi connectivity index (χ0n) is 16.8. The molecule has 0 bridgehead atoms. The van der Waals surface area contributed by atoms with E-state index in [4.69, 9.17) is 4.99 Å². The molecule has 1 unspecified atom stereocenters. The summed E-state index contributed by atoms with van der Waals surface area (Å²) >= 11 is 0. The molecule has 1 heterocycles. The van der Waals surface area contributed by atoms with Crippen LogP contribution in [0.1, 0.15) is 46.0 Å². The van der Waals surface area contributed by atoms with Gasteiger partial charge in [-0.2, -0.15) is 0 Å². The summed E-state index contributed by atoms with van der Waals surface area (Å²) < 4.78 is 0. The Morgan fingerprint density at radius 3 is 2.40 bits per heavy atom. The van der Waals surface area contributed by atoms with E-state index in [0.717, 1.165) is 37.4 Å². The van der Waals surface area contributed by atoms with Gasteiger partial charge in [0.15, 0.2) is 5.96 Å². The minimum Gasteiger partial charge on any atom is -0.357 e. The minimum atomic E-state index is 0. The number of nitrogens with one attached hydrogen (secondary N) is 2. The topological polar surface area (TPSA) is 42.9 Å². The second-order valence-electron chi connectivity index (χ2n) is 7.89. The Kier molecular flexibility index (Phi) is 11.3. The molecule has 0 aromatic heterocycles. The van der Waals surface area contributed by atoms with Gasteiger partial charge in [0.25, 0.3) is 0 Å². The molecule has 2 fully saturated rings. The second-order valence-corrected chi connectivity index (χ2v) is 7.89. The second kappa shape index (κ2) is 12.3. The summed E-state index contributed by atoms with van der Waals surface area (Å²) in [6, 6.07) is 0.593. The van der Waals surface area contributed by atoms with Crippen LogP contribution in [0.4, 0.5) is 0 Å². The van der Waals surface area contributed by atoms with Crippen LogP contribution in [-0.4, -0.2) is 75.2 Å². The van der Waals surface area contributed by atoms with Gasteiger partial charge < -0.3 is 20.4 Å². The van der Waals surface area contributed by atoms with Gasteiger partial charge in [-0.3, -0.25) is 4.99 Å². The van der Waals surface area contributed by atoms with Crippen LogP contribution < -0.4 is 10.6 Å². The summed E-state index contributed by atoms with van der Waals surface area (Å²) in [6.07, 6.45) is 6.67. The highest BCUT2D eigenvalue weighted by atomic mass is 127. The van der Waals surface area contributed by atoms with E-state index in [1.807, 2.05) is 0 Å². The quantitative estimate of drug-likeness (QED) is 0.238. The molecule has 1 saturated heterocycles. The minimum absolute atomic E-state index is 0. The monoisotopic (exact) mass is 465 g/mol. The van der Waals surface area contributed by atoms with E-state index >= 15 is 0 Å². The van der Waals surface area contributed by atoms with Crippen molar-refractivity contribution in [2.45, 2.75) is 52.0 Å². The van der Waals surface area contributed by atoms with Crippen LogP contribution in [0.3, 0.4) is 0 Å². The number of rotatable bonds is 9. The molecule has 0 amide bonds. The number of hydrogen-bond donors (Lipinski definition) is 2. The first-order valence-corrected chi connectivity index (χ1v) is 10.0. The van der Waals surface area contributed by atoms with Crippen molar-refractivity contribution in [3.05, 3.63) is 0 Å². The van der Waals surface area contributed by atoms with Crippen molar-refractivity contribution < 1.29 is 0 Å². The third-order valence-electron chi connectivity index (χ3n) is 5.43. The number of halogens is 1. The lowest BCUT2D eigenvalue weighted by molar-refractivity contribution is 0.191. The van der Waals surface area contributed by atoms with Crippen molar-refractivity contribution in [3.8, 4) is 0 Å². The Morgan fingerprint density at radius 2 is 1.84 bits per heavy atom. The highest BCUT2D eigenvalue weighted by molar-refractivity contribution is 14.0. The smallest absolute Gasteiger partial charge is 0.191 e. The maximum absolute atomic E-state index is 4.83. The van der Waals surface area contributed by atoms with Gasteiger partial charge in [0.2, 0.25) is 0 Å². The van der Waals surface area contributed by atoms with Crippen LogP contribution in [0.25, 0.3) is 0 Å². The molecule has 1 aliphatic heterocycles. The van der Waals surface area contributed by atoms with E-state index in [9.17, 15) is 0 Å². The van der Waals surface area contributed by atoms with Crippen LogP contribution in [0, 0.1) is 11.8 Å². The summed E-state index contributed by atoms with van der Waals surface area (Å²) in [5, 5.41) is 6.90. The Labute approximate surface area is 172 Å². The van der Waals surface area contributed by atoms with Gasteiger partial charge in [-0.25, -0.2) is 0 Å². The molecule has 148 valence electrons. The van der Waals surface area contributed by atoms with E-state index in [1.165, 1.54) is 51.7 Å². The lowest BCUT2D eigenvalue weighted by atomic mass is 9.99. The average molecular weight is 465 g/mol. The number of nitrogens with zero attached hydrogens (tertiary/aromatic N) is 3. The molecule has 1 atom stereocenters. The van der Waals surface area contributed by atoms with E-state index in [0.29, 0.717) is 6.04 Å². The number of likely N-dealkylation sites (tertiary alicyclic amines) is 1. The Morgan fingerprint density at radius 1 is 1.16 bits per heavy atom. The first kappa shape index (κ1) is 23.0. The van der Waals surface area contributed by atoms with Crippen molar-refractivity contribution in [1.82, 2.24) is 20.4 Å². The molecule has 0 spiro atoms. The summed E-state index contributed by atoms with van der Waals surface area (Å²) in [7, 11) is 4.36. The van der Waals surface area contributed by atoms with Crippen LogP contribution >= 0.6 is 24.0 Å². The maximum atomic E-state index is 4.83. The first-order valence-electron chi connectivity index (χ1n) is 10.0. The third kappa shape index (κ3) is 8.91. The average Bonchev–Trinajstić information content (AvgIpc) is 3.38. The van der Waals surface area contributed by atoms with Crippen molar-refractivity contribution >= 4 is 29.9 Å². The zero-order valence-corrected chi connectivity index (χ0v) is 19.1. The van der Waals surface area contributed by atoms with E-state index in [-0.39, 0.29) is 24.0 Å². The van der Waals surface area contributed by atoms with Crippen molar-refractivity contribution in [2.24, 2.45) is 16.8 Å². The molecule has 0 radical (unpaired) electrons. The molecule has 25 heavy (non-hydrogen) atoms. The molecular formula is C19H40IN5. The van der Waals surface area contributed by atoms with Gasteiger partial charge in [-0.1, -0.05) is 6.92 Å². The molecule has 2 N–H and O–H groups in total. The lowest BCUT2D eigenvalue weighted by Crippen LogP contribution is -2.41. The molecule has 2 rings (SSSR count). The van der Waals surface area contributed by atoms with Crippen LogP contribution in [-0.2, 0) is 0 Å². The standard InChI is InChI=1S/C19H39N5.HI/c1-5-20-19(22-15-18(23(3)4)17-7-8-17)21-11-6-12-24-13-9-16(2)10-14-24;/h16-18H,5-15H2,1-4H3,(H2,20,21,22);1H. The zero-order chi connectivity index (χ0) is 17.4. The third-order valence-corrected chi connectivity index (χ3v) is 5.43. The molecule has 0 aromatic rings. The molecule has 6 heteroatoms. The van der Waals surface area contributed by atoms with Gasteiger partial charge in [0.05, 0.1) is 6.54 Å². The normalized spacial score (nSPS) is 21.1. The highest BCUT2D eigenvalue weighted by Gasteiger charge is 2.32. The molecule has 1 saturated carbocycles. The number of aliphatic imine (C=N–C) groups is 1. The largest absolute Gasteiger partial charge is 0.357 e. The van der Waals surface area contributed by atoms with Gasteiger partial charge in [-0.15, -0.1) is 24.0 Å². The fourth-order valence-corrected chi connectivity index (χ4v) is 3.54. The predicted molar refractivity (Wildman–Crippen MR) is 119 cm³/mol. The van der Waals surface area contributed by atoms with Gasteiger partial charge >= 0.3 is 0 Å². The highest BCUT2D eigenvalue weighted by Crippen LogP contribution is 2.34. The molecular weight excluding hydrogens is 425 g/mol. The number of hydrogen-bond acceptors (Lipinski definition) is 3. The fraction of sp³-hybridized carbons (Fsp3) is 0.947. The molecule has 0 aromatic carbocycles. The number of likely N-dealkylation sites (N-methyl/N-ethyl adjacent to an activating group) is 1. The lowest BCUT2D eigenvalue weighted by Gasteiger charge is -2.30. The van der Waals surface area contributed by atoms with Crippen LogP contribution in [0.15, 0.2) is 4.99 Å². The first-order chi connectivity index (χ1) is 11.6. The summed E-state index contributed by atoms with van der Waals surface area (Å²) in [6.45, 7) is 11.1. The van der Waals surface area contributed by atoms with E-state index in [2.05, 4.69) is 48.4 Å². The Balaban J connectivity index is 0.00000312. The van der Waals surface area contributed by atoms with Crippen molar-refractivity contribution in [2.75, 3.05) is 53.4 Å². The molecule has 2 aliphatic rings. The van der Waals surface area contributed by atoms with Crippen LogP contribution in [0.5, 0.6) is 0 Å². The van der Waals surface area contributed by atoms with Gasteiger partial charge in [0.1, 0.15) is 0 Å². The van der Waals surface area contributed by atoms with Crippen molar-refractivity contribution in [3.63, 3.8) is 0 Å². The van der Waals surface area contributed by atoms with E-state index in [1.54, 1.807) is 0 Å². The maximum Gasteiger partial charge on any atom is 0.191 e. The van der Waals surface area contributed by atoms with Crippen LogP contribution in [0.2, 0.25) is 0 Å². The molecule has 5 nitrogen and oxygen atoms in total. The number of piperidine rings is 1. The van der Waals surface area contributed by atoms with Crippen molar-refractivity contribution in [1.29, 1.82) is 0 Å². The molecule has 1 aliphatic carbocycles. The number of guanidine groups is 1. The Bertz CT molecular complexity index is 374. The fourth-order valence-electron chi connectivity index (χ4n) is 3.54. The van der Waals surface area contributed by atoms with Gasteiger partial charge in [0, 0.05) is 19.1 Å². The van der Waals surface area contributed by atoms with E-state index < -0.39 is 0 Å².